The number of nitrogens with one attached hydrogen (secondary N) is 1. The molecule has 0 aliphatic carbocycles. The minimum Gasteiger partial charge on any atom is -0.317 e. The molecule has 2 heterocycles. The summed E-state index contributed by atoms with van der Waals surface area (Å²) in [6, 6.07) is 0. The van der Waals surface area contributed by atoms with Crippen molar-refractivity contribution in [3.05, 3.63) is 5.82 Å². The fraction of sp³-hybridized carbons (Fsp3) is 0.889. The zero-order valence-corrected chi connectivity index (χ0v) is 8.61. The molecular formula is C9H17N5. The van der Waals surface area contributed by atoms with E-state index in [9.17, 15) is 0 Å². The highest BCUT2D eigenvalue weighted by molar-refractivity contribution is 4.94. The predicted molar refractivity (Wildman–Crippen MR) is 53.0 cm³/mol. The third-order valence-electron chi connectivity index (χ3n) is 2.80. The van der Waals surface area contributed by atoms with Crippen LogP contribution in [0.5, 0.6) is 0 Å². The van der Waals surface area contributed by atoms with Crippen molar-refractivity contribution in [3.8, 4) is 0 Å². The first-order valence-corrected chi connectivity index (χ1v) is 5.38. The molecule has 5 nitrogen and oxygen atoms in total. The van der Waals surface area contributed by atoms with E-state index in [-0.39, 0.29) is 0 Å². The minimum atomic E-state index is 0.542. The van der Waals surface area contributed by atoms with Gasteiger partial charge in [0.05, 0.1) is 0 Å². The van der Waals surface area contributed by atoms with Gasteiger partial charge in [-0.25, -0.2) is 4.68 Å². The fourth-order valence-corrected chi connectivity index (χ4v) is 2.01. The third-order valence-corrected chi connectivity index (χ3v) is 2.80. The second-order valence-corrected chi connectivity index (χ2v) is 3.73. The first kappa shape index (κ1) is 9.58. The van der Waals surface area contributed by atoms with Crippen LogP contribution in [0, 0.1) is 0 Å². The topological polar surface area (TPSA) is 55.6 Å². The molecule has 0 bridgehead atoms. The van der Waals surface area contributed by atoms with Gasteiger partial charge in [0.15, 0.2) is 5.82 Å². The van der Waals surface area contributed by atoms with Crippen molar-refractivity contribution in [2.75, 3.05) is 13.1 Å². The summed E-state index contributed by atoms with van der Waals surface area (Å²) in [4.78, 5) is 0. The van der Waals surface area contributed by atoms with Gasteiger partial charge in [0.1, 0.15) is 0 Å². The van der Waals surface area contributed by atoms with E-state index in [1.807, 2.05) is 4.68 Å². The Hall–Kier alpha value is -0.970. The van der Waals surface area contributed by atoms with Crippen LogP contribution in [0.1, 0.15) is 37.9 Å². The Kier molecular flexibility index (Phi) is 3.08. The summed E-state index contributed by atoms with van der Waals surface area (Å²) >= 11 is 0. The average Bonchev–Trinajstić information content (AvgIpc) is 2.52. The molecule has 1 aliphatic rings. The van der Waals surface area contributed by atoms with E-state index in [1.54, 1.807) is 0 Å². The van der Waals surface area contributed by atoms with Crippen molar-refractivity contribution in [1.82, 2.24) is 25.5 Å². The molecule has 1 aromatic heterocycles. The molecule has 14 heavy (non-hydrogen) atoms. The third kappa shape index (κ3) is 1.92. The molecule has 0 spiro atoms. The quantitative estimate of drug-likeness (QED) is 0.748. The number of tetrazole rings is 1. The van der Waals surface area contributed by atoms with Crippen LogP contribution in [-0.2, 0) is 6.54 Å². The zero-order chi connectivity index (χ0) is 9.80. The lowest BCUT2D eigenvalue weighted by molar-refractivity contribution is 0.513. The Morgan fingerprint density at radius 3 is 3.21 bits per heavy atom. The van der Waals surface area contributed by atoms with Gasteiger partial charge in [0.25, 0.3) is 0 Å². The highest BCUT2D eigenvalue weighted by atomic mass is 15.5. The second kappa shape index (κ2) is 4.50. The van der Waals surface area contributed by atoms with E-state index < -0.39 is 0 Å². The van der Waals surface area contributed by atoms with Crippen molar-refractivity contribution in [2.45, 2.75) is 38.6 Å². The summed E-state index contributed by atoms with van der Waals surface area (Å²) < 4.78 is 1.91. The lowest BCUT2D eigenvalue weighted by Gasteiger charge is -2.11. The van der Waals surface area contributed by atoms with Crippen molar-refractivity contribution in [2.24, 2.45) is 0 Å². The molecule has 0 amide bonds. The van der Waals surface area contributed by atoms with Crippen LogP contribution in [0.3, 0.4) is 0 Å². The monoisotopic (exact) mass is 195 g/mol. The van der Waals surface area contributed by atoms with Crippen LogP contribution in [0.2, 0.25) is 0 Å². The van der Waals surface area contributed by atoms with Crippen LogP contribution in [0.25, 0.3) is 0 Å². The smallest absolute Gasteiger partial charge is 0.154 e. The maximum atomic E-state index is 4.13. The molecule has 78 valence electrons. The maximum Gasteiger partial charge on any atom is 0.154 e. The molecule has 1 atom stereocenters. The molecule has 2 rings (SSSR count). The highest BCUT2D eigenvalue weighted by Gasteiger charge is 2.19. The van der Waals surface area contributed by atoms with Crippen LogP contribution < -0.4 is 5.32 Å². The molecule has 1 aliphatic heterocycles. The van der Waals surface area contributed by atoms with Crippen LogP contribution in [-0.4, -0.2) is 33.3 Å². The Morgan fingerprint density at radius 1 is 1.43 bits per heavy atom. The van der Waals surface area contributed by atoms with Gasteiger partial charge in [-0.05, 0) is 49.7 Å². The van der Waals surface area contributed by atoms with Gasteiger partial charge >= 0.3 is 0 Å². The highest BCUT2D eigenvalue weighted by Crippen LogP contribution is 2.23. The molecule has 1 fully saturated rings. The van der Waals surface area contributed by atoms with Crippen molar-refractivity contribution < 1.29 is 0 Å². The number of aryl methyl sites for hydroxylation is 1. The molecule has 1 unspecified atom stereocenters. The van der Waals surface area contributed by atoms with E-state index in [4.69, 9.17) is 0 Å². The van der Waals surface area contributed by atoms with E-state index in [1.165, 1.54) is 12.8 Å². The first-order valence-electron chi connectivity index (χ1n) is 5.38. The summed E-state index contributed by atoms with van der Waals surface area (Å²) in [5.41, 5.74) is 0. The van der Waals surface area contributed by atoms with Gasteiger partial charge in [-0.2, -0.15) is 0 Å². The number of hydrogen-bond donors (Lipinski definition) is 1. The number of aromatic nitrogens is 4. The Balaban J connectivity index is 2.11. The molecule has 1 saturated heterocycles. The van der Waals surface area contributed by atoms with Gasteiger partial charge in [0.2, 0.25) is 0 Å². The predicted octanol–water partition coefficient (Wildman–Crippen LogP) is 0.550. The van der Waals surface area contributed by atoms with Gasteiger partial charge in [-0.1, -0.05) is 0 Å². The Morgan fingerprint density at radius 2 is 2.36 bits per heavy atom. The molecular weight excluding hydrogens is 178 g/mol. The first-order chi connectivity index (χ1) is 6.92. The van der Waals surface area contributed by atoms with Crippen LogP contribution in [0.4, 0.5) is 0 Å². The molecule has 0 aromatic carbocycles. The van der Waals surface area contributed by atoms with Gasteiger partial charge < -0.3 is 5.32 Å². The fourth-order valence-electron chi connectivity index (χ4n) is 2.01. The largest absolute Gasteiger partial charge is 0.317 e. The van der Waals surface area contributed by atoms with Crippen molar-refractivity contribution in [1.29, 1.82) is 0 Å². The standard InChI is InChI=1S/C9H17N5/c1-2-14-9(11-12-13-14)8-4-3-6-10-7-5-8/h8,10H,2-7H2,1H3. The Labute approximate surface area is 83.9 Å². The SMILES string of the molecule is CCn1nnnc1C1CCCNCC1. The maximum absolute atomic E-state index is 4.13. The molecule has 0 radical (unpaired) electrons. The van der Waals surface area contributed by atoms with Gasteiger partial charge in [-0.15, -0.1) is 5.10 Å². The second-order valence-electron chi connectivity index (χ2n) is 3.73. The molecule has 1 N–H and O–H groups in total. The molecule has 1 aromatic rings. The number of rotatable bonds is 2. The van der Waals surface area contributed by atoms with Gasteiger partial charge in [-0.3, -0.25) is 0 Å². The van der Waals surface area contributed by atoms with Crippen LogP contribution >= 0.6 is 0 Å². The Bertz CT molecular complexity index is 274. The van der Waals surface area contributed by atoms with E-state index >= 15 is 0 Å². The number of nitrogens with zero attached hydrogens (tertiary/aromatic N) is 4. The van der Waals surface area contributed by atoms with E-state index in [0.717, 1.165) is 31.9 Å². The summed E-state index contributed by atoms with van der Waals surface area (Å²) in [6.45, 7) is 5.16. The molecule has 5 heteroatoms. The summed E-state index contributed by atoms with van der Waals surface area (Å²) in [7, 11) is 0. The minimum absolute atomic E-state index is 0.542. The summed E-state index contributed by atoms with van der Waals surface area (Å²) in [5.74, 6) is 1.61. The molecule has 0 saturated carbocycles. The summed E-state index contributed by atoms with van der Waals surface area (Å²) in [5, 5.41) is 15.2. The van der Waals surface area contributed by atoms with Gasteiger partial charge in [0, 0.05) is 12.5 Å². The van der Waals surface area contributed by atoms with E-state index in [0.29, 0.717) is 5.92 Å². The lowest BCUT2D eigenvalue weighted by atomic mass is 10.00. The van der Waals surface area contributed by atoms with Crippen molar-refractivity contribution >= 4 is 0 Å². The lowest BCUT2D eigenvalue weighted by Crippen LogP contribution is -2.15. The summed E-state index contributed by atoms with van der Waals surface area (Å²) in [6.07, 6.45) is 3.58. The number of hydrogen-bond acceptors (Lipinski definition) is 4. The van der Waals surface area contributed by atoms with Crippen LogP contribution in [0.15, 0.2) is 0 Å². The normalized spacial score (nSPS) is 23.4. The van der Waals surface area contributed by atoms with E-state index in [2.05, 4.69) is 27.8 Å². The average molecular weight is 195 g/mol. The zero-order valence-electron chi connectivity index (χ0n) is 8.61. The van der Waals surface area contributed by atoms with Crippen molar-refractivity contribution in [3.63, 3.8) is 0 Å².